The molecule has 2 heterocycles. The number of amides is 3. The predicted octanol–water partition coefficient (Wildman–Crippen LogP) is 2.48. The molecule has 0 N–H and O–H groups in total. The first kappa shape index (κ1) is 14.3. The van der Waals surface area contributed by atoms with E-state index in [0.717, 1.165) is 5.56 Å². The normalized spacial score (nSPS) is 21.5. The fraction of sp³-hybridized carbons (Fsp3) is 0.235. The highest BCUT2D eigenvalue weighted by Crippen LogP contribution is 2.33. The summed E-state index contributed by atoms with van der Waals surface area (Å²) in [6, 6.07) is 12.4. The van der Waals surface area contributed by atoms with E-state index in [4.69, 9.17) is 0 Å². The zero-order valence-electron chi connectivity index (χ0n) is 12.6. The molecule has 0 spiro atoms. The van der Waals surface area contributed by atoms with Gasteiger partial charge in [-0.1, -0.05) is 24.3 Å². The van der Waals surface area contributed by atoms with Crippen molar-refractivity contribution in [2.75, 3.05) is 11.9 Å². The second-order valence-electron chi connectivity index (χ2n) is 5.63. The predicted molar refractivity (Wildman–Crippen MR) is 83.4 cm³/mol. The fourth-order valence-electron chi connectivity index (χ4n) is 2.73. The lowest BCUT2D eigenvalue weighted by Gasteiger charge is -2.28. The second kappa shape index (κ2) is 5.26. The molecule has 1 fully saturated rings. The minimum Gasteiger partial charge on any atom is -0.312 e. The molecule has 5 heteroatoms. The summed E-state index contributed by atoms with van der Waals surface area (Å²) in [5.74, 6) is -0.213. The standard InChI is InChI=1S/C17H17N3O2/c1-17(11-13-7-6-10-18-12-13)15(21)20(16(22)19(17)2)14-8-4-3-5-9-14/h3-10,12H,11H2,1-2H3. The Kier molecular flexibility index (Phi) is 3.41. The van der Waals surface area contributed by atoms with Crippen LogP contribution in [-0.4, -0.2) is 34.4 Å². The highest BCUT2D eigenvalue weighted by Gasteiger charge is 2.52. The molecule has 1 aromatic carbocycles. The topological polar surface area (TPSA) is 53.5 Å². The first-order valence-corrected chi connectivity index (χ1v) is 7.10. The van der Waals surface area contributed by atoms with E-state index in [-0.39, 0.29) is 11.9 Å². The van der Waals surface area contributed by atoms with Gasteiger partial charge in [-0.25, -0.2) is 9.69 Å². The van der Waals surface area contributed by atoms with Crippen molar-refractivity contribution in [3.63, 3.8) is 0 Å². The van der Waals surface area contributed by atoms with Gasteiger partial charge in [-0.05, 0) is 30.7 Å². The molecule has 112 valence electrons. The average molecular weight is 295 g/mol. The number of anilines is 1. The summed E-state index contributed by atoms with van der Waals surface area (Å²) < 4.78 is 0. The van der Waals surface area contributed by atoms with E-state index in [1.54, 1.807) is 38.5 Å². The van der Waals surface area contributed by atoms with Crippen LogP contribution in [0.5, 0.6) is 0 Å². The molecule has 3 amide bonds. The number of pyridine rings is 1. The summed E-state index contributed by atoms with van der Waals surface area (Å²) in [6.07, 6.45) is 3.85. The van der Waals surface area contributed by atoms with Crippen molar-refractivity contribution in [2.45, 2.75) is 18.9 Å². The van der Waals surface area contributed by atoms with Gasteiger partial charge in [0.15, 0.2) is 0 Å². The number of rotatable bonds is 3. The number of aromatic nitrogens is 1. The summed E-state index contributed by atoms with van der Waals surface area (Å²) in [7, 11) is 1.67. The Hall–Kier alpha value is -2.69. The molecule has 0 bridgehead atoms. The molecule has 0 radical (unpaired) electrons. The van der Waals surface area contributed by atoms with Gasteiger partial charge in [0.1, 0.15) is 5.54 Å². The molecule has 1 unspecified atom stereocenters. The molecule has 22 heavy (non-hydrogen) atoms. The molecule has 0 saturated carbocycles. The van der Waals surface area contributed by atoms with Crippen molar-refractivity contribution < 1.29 is 9.59 Å². The van der Waals surface area contributed by atoms with Gasteiger partial charge in [-0.2, -0.15) is 0 Å². The maximum atomic E-state index is 12.9. The first-order chi connectivity index (χ1) is 10.5. The minimum atomic E-state index is -0.907. The van der Waals surface area contributed by atoms with Crippen LogP contribution in [-0.2, 0) is 11.2 Å². The number of para-hydroxylation sites is 1. The SMILES string of the molecule is CN1C(=O)N(c2ccccc2)C(=O)C1(C)Cc1cccnc1. The van der Waals surface area contributed by atoms with Gasteiger partial charge in [0.25, 0.3) is 5.91 Å². The van der Waals surface area contributed by atoms with Crippen molar-refractivity contribution >= 4 is 17.6 Å². The summed E-state index contributed by atoms with van der Waals surface area (Å²) in [6.45, 7) is 1.79. The molecular formula is C17H17N3O2. The number of carbonyl (C=O) groups excluding carboxylic acids is 2. The molecule has 1 saturated heterocycles. The molecular weight excluding hydrogens is 278 g/mol. The van der Waals surface area contributed by atoms with Gasteiger partial charge in [0.2, 0.25) is 0 Å². The zero-order chi connectivity index (χ0) is 15.7. The van der Waals surface area contributed by atoms with Crippen LogP contribution in [0.3, 0.4) is 0 Å². The minimum absolute atomic E-state index is 0.213. The van der Waals surface area contributed by atoms with Crippen molar-refractivity contribution in [2.24, 2.45) is 0 Å². The third-order valence-electron chi connectivity index (χ3n) is 4.17. The molecule has 1 atom stereocenters. The van der Waals surface area contributed by atoms with E-state index in [1.165, 1.54) is 9.80 Å². The number of carbonyl (C=O) groups is 2. The third-order valence-corrected chi connectivity index (χ3v) is 4.17. The van der Waals surface area contributed by atoms with Gasteiger partial charge < -0.3 is 4.90 Å². The molecule has 0 aliphatic carbocycles. The molecule has 2 aromatic rings. The number of imide groups is 1. The summed E-state index contributed by atoms with van der Waals surface area (Å²) in [5.41, 5.74) is 0.614. The van der Waals surface area contributed by atoms with Gasteiger partial charge in [-0.15, -0.1) is 0 Å². The van der Waals surface area contributed by atoms with Gasteiger partial charge in [0.05, 0.1) is 5.69 Å². The number of hydrogen-bond acceptors (Lipinski definition) is 3. The van der Waals surface area contributed by atoms with Crippen LogP contribution < -0.4 is 4.90 Å². The van der Waals surface area contributed by atoms with Crippen LogP contribution in [0, 0.1) is 0 Å². The van der Waals surface area contributed by atoms with E-state index >= 15 is 0 Å². The zero-order valence-corrected chi connectivity index (χ0v) is 12.6. The van der Waals surface area contributed by atoms with Crippen LogP contribution in [0.25, 0.3) is 0 Å². The number of hydrogen-bond donors (Lipinski definition) is 0. The van der Waals surface area contributed by atoms with Crippen molar-refractivity contribution in [1.82, 2.24) is 9.88 Å². The van der Waals surface area contributed by atoms with Gasteiger partial charge >= 0.3 is 6.03 Å². The highest BCUT2D eigenvalue weighted by molar-refractivity contribution is 6.23. The Morgan fingerprint density at radius 2 is 1.82 bits per heavy atom. The van der Waals surface area contributed by atoms with Gasteiger partial charge in [0, 0.05) is 25.9 Å². The molecule has 5 nitrogen and oxygen atoms in total. The van der Waals surface area contributed by atoms with E-state index in [0.29, 0.717) is 12.1 Å². The van der Waals surface area contributed by atoms with E-state index in [9.17, 15) is 9.59 Å². The fourth-order valence-corrected chi connectivity index (χ4v) is 2.73. The van der Waals surface area contributed by atoms with E-state index < -0.39 is 5.54 Å². The molecule has 1 aliphatic heterocycles. The van der Waals surface area contributed by atoms with Crippen LogP contribution in [0.2, 0.25) is 0 Å². The number of likely N-dealkylation sites (N-methyl/N-ethyl adjacent to an activating group) is 1. The van der Waals surface area contributed by atoms with Crippen molar-refractivity contribution in [3.8, 4) is 0 Å². The van der Waals surface area contributed by atoms with Gasteiger partial charge in [-0.3, -0.25) is 9.78 Å². The Morgan fingerprint density at radius 1 is 1.09 bits per heavy atom. The lowest BCUT2D eigenvalue weighted by molar-refractivity contribution is -0.123. The third kappa shape index (κ3) is 2.15. The van der Waals surface area contributed by atoms with Crippen LogP contribution in [0.15, 0.2) is 54.9 Å². The van der Waals surface area contributed by atoms with Crippen LogP contribution in [0.4, 0.5) is 10.5 Å². The van der Waals surface area contributed by atoms with Crippen molar-refractivity contribution in [1.29, 1.82) is 0 Å². The van der Waals surface area contributed by atoms with Crippen LogP contribution in [0.1, 0.15) is 12.5 Å². The summed E-state index contributed by atoms with van der Waals surface area (Å²) >= 11 is 0. The van der Waals surface area contributed by atoms with Crippen LogP contribution >= 0.6 is 0 Å². The average Bonchev–Trinajstić information content (AvgIpc) is 2.70. The summed E-state index contributed by atoms with van der Waals surface area (Å²) in [4.78, 5) is 32.3. The Bertz CT molecular complexity index is 702. The Balaban J connectivity index is 1.96. The smallest absolute Gasteiger partial charge is 0.312 e. The summed E-state index contributed by atoms with van der Waals surface area (Å²) in [5, 5.41) is 0. The van der Waals surface area contributed by atoms with Crippen molar-refractivity contribution in [3.05, 3.63) is 60.4 Å². The monoisotopic (exact) mass is 295 g/mol. The largest absolute Gasteiger partial charge is 0.332 e. The molecule has 1 aromatic heterocycles. The Morgan fingerprint density at radius 3 is 2.45 bits per heavy atom. The van der Waals surface area contributed by atoms with E-state index in [2.05, 4.69) is 4.98 Å². The first-order valence-electron chi connectivity index (χ1n) is 7.10. The highest BCUT2D eigenvalue weighted by atomic mass is 16.2. The quantitative estimate of drug-likeness (QED) is 0.817. The number of urea groups is 1. The molecule has 3 rings (SSSR count). The Labute approximate surface area is 129 Å². The number of benzene rings is 1. The molecule has 1 aliphatic rings. The maximum Gasteiger partial charge on any atom is 0.332 e. The maximum absolute atomic E-state index is 12.9. The second-order valence-corrected chi connectivity index (χ2v) is 5.63. The lowest BCUT2D eigenvalue weighted by atomic mass is 9.92. The van der Waals surface area contributed by atoms with E-state index in [1.807, 2.05) is 30.3 Å². The lowest BCUT2D eigenvalue weighted by Crippen LogP contribution is -2.47. The number of nitrogens with zero attached hydrogens (tertiary/aromatic N) is 3.